The number of amides is 1. The van der Waals surface area contributed by atoms with Gasteiger partial charge in [0.25, 0.3) is 5.91 Å². The fourth-order valence-corrected chi connectivity index (χ4v) is 3.42. The largest absolute Gasteiger partial charge is 0.457 e. The van der Waals surface area contributed by atoms with Gasteiger partial charge in [-0.3, -0.25) is 9.59 Å². The number of fused-ring (bicyclic) bond motifs is 1. The second-order valence-electron chi connectivity index (χ2n) is 8.07. The van der Waals surface area contributed by atoms with Crippen LogP contribution >= 0.6 is 0 Å². The van der Waals surface area contributed by atoms with E-state index in [2.05, 4.69) is 12.2 Å². The summed E-state index contributed by atoms with van der Waals surface area (Å²) in [5, 5.41) is 3.06. The van der Waals surface area contributed by atoms with Gasteiger partial charge in [-0.25, -0.2) is 4.79 Å². The second-order valence-corrected chi connectivity index (χ2v) is 8.07. The first kappa shape index (κ1) is 23.3. The van der Waals surface area contributed by atoms with Gasteiger partial charge in [0.2, 0.25) is 5.76 Å². The number of aryl methyl sites for hydroxylation is 1. The summed E-state index contributed by atoms with van der Waals surface area (Å²) in [4.78, 5) is 37.5. The molecule has 168 valence electrons. The van der Waals surface area contributed by atoms with Crippen molar-refractivity contribution in [3.63, 3.8) is 0 Å². The second kappa shape index (κ2) is 10.8. The van der Waals surface area contributed by atoms with Crippen LogP contribution in [-0.4, -0.2) is 18.0 Å². The molecule has 0 aliphatic rings. The first-order valence-electron chi connectivity index (χ1n) is 11.1. The number of carbonyl (C=O) groups excluding carboxylic acids is 2. The van der Waals surface area contributed by atoms with E-state index in [1.165, 1.54) is 24.8 Å². The zero-order valence-corrected chi connectivity index (χ0v) is 18.8. The van der Waals surface area contributed by atoms with Gasteiger partial charge in [-0.05, 0) is 56.5 Å². The molecule has 0 unspecified atom stereocenters. The first-order valence-corrected chi connectivity index (χ1v) is 11.1. The summed E-state index contributed by atoms with van der Waals surface area (Å²) in [6.07, 6.45) is 5.42. The Kier molecular flexibility index (Phi) is 7.82. The lowest BCUT2D eigenvalue weighted by Gasteiger charge is -2.11. The highest BCUT2D eigenvalue weighted by Gasteiger charge is 2.18. The summed E-state index contributed by atoms with van der Waals surface area (Å²) >= 11 is 0. The van der Waals surface area contributed by atoms with Crippen LogP contribution in [0, 0.1) is 0 Å². The fourth-order valence-electron chi connectivity index (χ4n) is 3.42. The summed E-state index contributed by atoms with van der Waals surface area (Å²) in [5.41, 5.74) is 1.76. The molecular weight excluding hydrogens is 406 g/mol. The van der Waals surface area contributed by atoms with Gasteiger partial charge in [-0.1, -0.05) is 44.4 Å². The molecule has 0 atom stereocenters. The first-order chi connectivity index (χ1) is 15.4. The topological polar surface area (TPSA) is 85.6 Å². The van der Waals surface area contributed by atoms with Crippen molar-refractivity contribution >= 4 is 28.5 Å². The summed E-state index contributed by atoms with van der Waals surface area (Å²) < 4.78 is 10.8. The molecule has 0 radical (unpaired) electrons. The van der Waals surface area contributed by atoms with Gasteiger partial charge in [-0.2, -0.15) is 0 Å². The van der Waals surface area contributed by atoms with Gasteiger partial charge < -0.3 is 14.5 Å². The quantitative estimate of drug-likeness (QED) is 0.342. The van der Waals surface area contributed by atoms with Crippen LogP contribution in [0.1, 0.15) is 72.9 Å². The maximum Gasteiger partial charge on any atom is 0.374 e. The number of carbonyl (C=O) groups is 2. The molecule has 1 N–H and O–H groups in total. The van der Waals surface area contributed by atoms with Gasteiger partial charge in [0, 0.05) is 11.6 Å². The highest BCUT2D eigenvalue weighted by molar-refractivity contribution is 6.08. The van der Waals surface area contributed by atoms with Gasteiger partial charge in [0.1, 0.15) is 0 Å². The Morgan fingerprint density at radius 2 is 1.78 bits per heavy atom. The molecule has 2 aromatic carbocycles. The number of hydrogen-bond acceptors (Lipinski definition) is 5. The summed E-state index contributed by atoms with van der Waals surface area (Å²) in [6, 6.07) is 13.5. The molecule has 1 heterocycles. The molecule has 0 aliphatic carbocycles. The fraction of sp³-hybridized carbons (Fsp3) is 0.346. The van der Waals surface area contributed by atoms with Gasteiger partial charge >= 0.3 is 5.97 Å². The van der Waals surface area contributed by atoms with Crippen LogP contribution in [0.15, 0.2) is 57.7 Å². The van der Waals surface area contributed by atoms with E-state index in [0.29, 0.717) is 11.3 Å². The lowest BCUT2D eigenvalue weighted by atomic mass is 10.0. The van der Waals surface area contributed by atoms with Crippen LogP contribution < -0.4 is 10.7 Å². The van der Waals surface area contributed by atoms with Crippen LogP contribution in [-0.2, 0) is 11.2 Å². The molecular formula is C26H29NO5. The van der Waals surface area contributed by atoms with Crippen molar-refractivity contribution in [1.82, 2.24) is 0 Å². The number of para-hydroxylation sites is 1. The Morgan fingerprint density at radius 3 is 2.47 bits per heavy atom. The number of benzene rings is 2. The summed E-state index contributed by atoms with van der Waals surface area (Å²) in [7, 11) is 0. The molecule has 0 bridgehead atoms. The number of hydrogen-bond donors (Lipinski definition) is 1. The van der Waals surface area contributed by atoms with E-state index < -0.39 is 5.97 Å². The van der Waals surface area contributed by atoms with Crippen molar-refractivity contribution < 1.29 is 18.7 Å². The third-order valence-corrected chi connectivity index (χ3v) is 5.08. The van der Waals surface area contributed by atoms with E-state index in [4.69, 9.17) is 9.15 Å². The third-order valence-electron chi connectivity index (χ3n) is 5.08. The average Bonchev–Trinajstić information content (AvgIpc) is 2.77. The standard InChI is InChI=1S/C26H29NO5/c1-4-5-6-7-9-18-12-14-19(15-13-18)25(29)27-21-11-8-10-20-22(28)16-23(32-24(20)21)26(30)31-17(2)3/h8,10-17H,4-7,9H2,1-3H3,(H,27,29). The van der Waals surface area contributed by atoms with Crippen LogP contribution in [0.25, 0.3) is 11.0 Å². The number of unbranched alkanes of at least 4 members (excludes halogenated alkanes) is 3. The Labute approximate surface area is 187 Å². The molecule has 0 fully saturated rings. The minimum atomic E-state index is -0.727. The van der Waals surface area contributed by atoms with E-state index in [1.807, 2.05) is 12.1 Å². The molecule has 0 spiro atoms. The molecule has 0 saturated heterocycles. The summed E-state index contributed by atoms with van der Waals surface area (Å²) in [5.74, 6) is -1.26. The van der Waals surface area contributed by atoms with Gasteiger partial charge in [0.15, 0.2) is 11.0 Å². The molecule has 32 heavy (non-hydrogen) atoms. The Balaban J connectivity index is 1.80. The number of rotatable bonds is 9. The van der Waals surface area contributed by atoms with Gasteiger partial charge in [0.05, 0.1) is 17.2 Å². The number of anilines is 1. The molecule has 6 nitrogen and oxygen atoms in total. The lowest BCUT2D eigenvalue weighted by molar-refractivity contribution is 0.0342. The Bertz CT molecular complexity index is 1150. The monoisotopic (exact) mass is 435 g/mol. The SMILES string of the molecule is CCCCCCc1ccc(C(=O)Nc2cccc3c(=O)cc(C(=O)OC(C)C)oc23)cc1. The van der Waals surface area contributed by atoms with E-state index in [-0.39, 0.29) is 34.2 Å². The Morgan fingerprint density at radius 1 is 1.03 bits per heavy atom. The predicted octanol–water partition coefficient (Wildman–Crippen LogP) is 5.73. The lowest BCUT2D eigenvalue weighted by Crippen LogP contribution is -2.16. The minimum absolute atomic E-state index is 0.136. The van der Waals surface area contributed by atoms with Crippen LogP contribution in [0.3, 0.4) is 0 Å². The normalized spacial score (nSPS) is 11.0. The maximum atomic E-state index is 12.8. The maximum absolute atomic E-state index is 12.8. The molecule has 3 rings (SSSR count). The van der Waals surface area contributed by atoms with Crippen molar-refractivity contribution in [2.45, 2.75) is 59.0 Å². The van der Waals surface area contributed by atoms with Crippen molar-refractivity contribution in [3.8, 4) is 0 Å². The molecule has 0 saturated carbocycles. The summed E-state index contributed by atoms with van der Waals surface area (Å²) in [6.45, 7) is 5.60. The van der Waals surface area contributed by atoms with Crippen LogP contribution in [0.5, 0.6) is 0 Å². The van der Waals surface area contributed by atoms with E-state index in [9.17, 15) is 14.4 Å². The molecule has 3 aromatic rings. The highest BCUT2D eigenvalue weighted by atomic mass is 16.6. The molecule has 1 amide bonds. The molecule has 0 aliphatic heterocycles. The zero-order valence-electron chi connectivity index (χ0n) is 18.8. The average molecular weight is 436 g/mol. The smallest absolute Gasteiger partial charge is 0.374 e. The van der Waals surface area contributed by atoms with Crippen LogP contribution in [0.4, 0.5) is 5.69 Å². The number of esters is 1. The van der Waals surface area contributed by atoms with Crippen molar-refractivity contribution in [1.29, 1.82) is 0 Å². The van der Waals surface area contributed by atoms with Crippen molar-refractivity contribution in [2.75, 3.05) is 5.32 Å². The zero-order chi connectivity index (χ0) is 23.1. The third kappa shape index (κ3) is 5.84. The minimum Gasteiger partial charge on any atom is -0.457 e. The highest BCUT2D eigenvalue weighted by Crippen LogP contribution is 2.23. The van der Waals surface area contributed by atoms with Crippen molar-refractivity contribution in [2.24, 2.45) is 0 Å². The Hall–Kier alpha value is -3.41. The predicted molar refractivity (Wildman–Crippen MR) is 125 cm³/mol. The van der Waals surface area contributed by atoms with Crippen molar-refractivity contribution in [3.05, 3.63) is 75.6 Å². The number of nitrogens with one attached hydrogen (secondary N) is 1. The van der Waals surface area contributed by atoms with E-state index >= 15 is 0 Å². The van der Waals surface area contributed by atoms with Crippen LogP contribution in [0.2, 0.25) is 0 Å². The molecule has 1 aromatic heterocycles. The van der Waals surface area contributed by atoms with E-state index in [1.54, 1.807) is 44.2 Å². The van der Waals surface area contributed by atoms with Gasteiger partial charge in [-0.15, -0.1) is 0 Å². The van der Waals surface area contributed by atoms with E-state index in [0.717, 1.165) is 18.9 Å². The molecule has 6 heteroatoms. The number of ether oxygens (including phenoxy) is 1.